The molecule has 0 saturated heterocycles. The van der Waals surface area contributed by atoms with E-state index in [-0.39, 0.29) is 5.84 Å². The van der Waals surface area contributed by atoms with Crippen molar-refractivity contribution in [2.45, 2.75) is 43.5 Å². The Morgan fingerprint density at radius 1 is 1.38 bits per heavy atom. The third-order valence-corrected chi connectivity index (χ3v) is 4.32. The molecule has 2 rings (SSSR count). The molecule has 2 aromatic rings. The SMILES string of the molecule is CCc1nnc(Sc2ccoc2C)c(/C(N)=N/O)c1CC. The number of aryl methyl sites for hydroxylation is 2. The van der Waals surface area contributed by atoms with Crippen LogP contribution in [0.1, 0.15) is 36.4 Å². The van der Waals surface area contributed by atoms with Gasteiger partial charge in [0.15, 0.2) is 5.84 Å². The number of hydrogen-bond donors (Lipinski definition) is 2. The molecule has 6 nitrogen and oxygen atoms in total. The molecule has 0 aliphatic rings. The lowest BCUT2D eigenvalue weighted by molar-refractivity contribution is 0.318. The largest absolute Gasteiger partial charge is 0.468 e. The summed E-state index contributed by atoms with van der Waals surface area (Å²) in [5, 5.41) is 21.3. The van der Waals surface area contributed by atoms with Crippen LogP contribution in [0, 0.1) is 6.92 Å². The first kappa shape index (κ1) is 15.4. The van der Waals surface area contributed by atoms with Crippen LogP contribution in [0.25, 0.3) is 0 Å². The second-order valence-electron chi connectivity index (χ2n) is 4.44. The number of rotatable bonds is 5. The summed E-state index contributed by atoms with van der Waals surface area (Å²) in [6, 6.07) is 1.86. The van der Waals surface area contributed by atoms with E-state index in [0.29, 0.717) is 10.6 Å². The monoisotopic (exact) mass is 306 g/mol. The normalized spacial score (nSPS) is 11.9. The van der Waals surface area contributed by atoms with Gasteiger partial charge in [0.2, 0.25) is 0 Å². The molecule has 0 atom stereocenters. The van der Waals surface area contributed by atoms with E-state index in [1.807, 2.05) is 26.8 Å². The lowest BCUT2D eigenvalue weighted by atomic mass is 10.0. The van der Waals surface area contributed by atoms with Crippen molar-refractivity contribution in [2.24, 2.45) is 10.9 Å². The molecule has 7 heteroatoms. The van der Waals surface area contributed by atoms with E-state index >= 15 is 0 Å². The maximum atomic E-state index is 9.06. The summed E-state index contributed by atoms with van der Waals surface area (Å²) in [5.74, 6) is 0.852. The summed E-state index contributed by atoms with van der Waals surface area (Å²) < 4.78 is 5.28. The lowest BCUT2D eigenvalue weighted by Gasteiger charge is -2.13. The van der Waals surface area contributed by atoms with Crippen LogP contribution in [0.3, 0.4) is 0 Å². The molecule has 21 heavy (non-hydrogen) atoms. The minimum atomic E-state index is 0.0556. The van der Waals surface area contributed by atoms with Crippen LogP contribution in [0.2, 0.25) is 0 Å². The van der Waals surface area contributed by atoms with E-state index in [4.69, 9.17) is 15.4 Å². The fourth-order valence-corrected chi connectivity index (χ4v) is 3.06. The van der Waals surface area contributed by atoms with Crippen molar-refractivity contribution in [2.75, 3.05) is 0 Å². The molecule has 0 aromatic carbocycles. The predicted octanol–water partition coefficient (Wildman–Crippen LogP) is 2.75. The molecule has 112 valence electrons. The molecule has 0 saturated carbocycles. The zero-order valence-electron chi connectivity index (χ0n) is 12.3. The number of nitrogens with two attached hydrogens (primary N) is 1. The Morgan fingerprint density at radius 2 is 2.14 bits per heavy atom. The summed E-state index contributed by atoms with van der Waals surface area (Å²) in [4.78, 5) is 0.933. The minimum Gasteiger partial charge on any atom is -0.468 e. The molecule has 0 fully saturated rings. The van der Waals surface area contributed by atoms with Gasteiger partial charge in [-0.3, -0.25) is 0 Å². The van der Waals surface area contributed by atoms with Crippen molar-refractivity contribution < 1.29 is 9.62 Å². The summed E-state index contributed by atoms with van der Waals surface area (Å²) >= 11 is 1.40. The second-order valence-corrected chi connectivity index (χ2v) is 5.47. The van der Waals surface area contributed by atoms with Crippen LogP contribution < -0.4 is 5.73 Å². The molecule has 0 radical (unpaired) electrons. The summed E-state index contributed by atoms with van der Waals surface area (Å²) in [6.45, 7) is 5.90. The van der Waals surface area contributed by atoms with E-state index in [2.05, 4.69) is 15.4 Å². The van der Waals surface area contributed by atoms with Crippen LogP contribution >= 0.6 is 11.8 Å². The summed E-state index contributed by atoms with van der Waals surface area (Å²) in [7, 11) is 0. The first-order valence-corrected chi connectivity index (χ1v) is 7.52. The fraction of sp³-hybridized carbons (Fsp3) is 0.357. The maximum absolute atomic E-state index is 9.06. The van der Waals surface area contributed by atoms with Crippen LogP contribution in [0.15, 0.2) is 31.8 Å². The molecule has 0 aliphatic heterocycles. The lowest BCUT2D eigenvalue weighted by Crippen LogP contribution is -2.20. The van der Waals surface area contributed by atoms with Crippen LogP contribution in [-0.2, 0) is 12.8 Å². The van der Waals surface area contributed by atoms with Crippen molar-refractivity contribution in [3.05, 3.63) is 34.9 Å². The zero-order valence-corrected chi connectivity index (χ0v) is 13.1. The Hall–Kier alpha value is -2.02. The van der Waals surface area contributed by atoms with E-state index in [9.17, 15) is 0 Å². The summed E-state index contributed by atoms with van der Waals surface area (Å²) in [5.41, 5.74) is 8.34. The average molecular weight is 306 g/mol. The molecular weight excluding hydrogens is 288 g/mol. The molecule has 2 aromatic heterocycles. The Kier molecular flexibility index (Phi) is 4.85. The van der Waals surface area contributed by atoms with Gasteiger partial charge in [0, 0.05) is 0 Å². The van der Waals surface area contributed by atoms with Crippen LogP contribution in [0.5, 0.6) is 0 Å². The smallest absolute Gasteiger partial charge is 0.173 e. The Morgan fingerprint density at radius 3 is 2.67 bits per heavy atom. The fourth-order valence-electron chi connectivity index (χ4n) is 2.12. The number of hydrogen-bond acceptors (Lipinski definition) is 6. The van der Waals surface area contributed by atoms with Crippen LogP contribution in [-0.4, -0.2) is 21.2 Å². The number of nitrogens with zero attached hydrogens (tertiary/aromatic N) is 3. The molecule has 3 N–H and O–H groups in total. The van der Waals surface area contributed by atoms with Gasteiger partial charge in [-0.15, -0.1) is 5.10 Å². The van der Waals surface area contributed by atoms with Gasteiger partial charge >= 0.3 is 0 Å². The minimum absolute atomic E-state index is 0.0556. The van der Waals surface area contributed by atoms with Gasteiger partial charge in [-0.05, 0) is 31.4 Å². The highest BCUT2D eigenvalue weighted by molar-refractivity contribution is 7.99. The molecule has 0 amide bonds. The Labute approximate surface area is 127 Å². The Bertz CT molecular complexity index is 667. The van der Waals surface area contributed by atoms with Crippen molar-refractivity contribution in [1.29, 1.82) is 0 Å². The van der Waals surface area contributed by atoms with Gasteiger partial charge in [0.05, 0.1) is 22.4 Å². The van der Waals surface area contributed by atoms with Gasteiger partial charge < -0.3 is 15.4 Å². The van der Waals surface area contributed by atoms with E-state index in [0.717, 1.165) is 34.8 Å². The molecular formula is C14H18N4O2S. The van der Waals surface area contributed by atoms with E-state index in [1.54, 1.807) is 6.26 Å². The number of oxime groups is 1. The third kappa shape index (κ3) is 3.02. The van der Waals surface area contributed by atoms with Crippen molar-refractivity contribution in [3.63, 3.8) is 0 Å². The Balaban J connectivity index is 2.57. The number of aromatic nitrogens is 2. The zero-order chi connectivity index (χ0) is 15.4. The predicted molar refractivity (Wildman–Crippen MR) is 80.9 cm³/mol. The van der Waals surface area contributed by atoms with Gasteiger partial charge in [0.1, 0.15) is 10.8 Å². The van der Waals surface area contributed by atoms with Gasteiger partial charge in [0.25, 0.3) is 0 Å². The van der Waals surface area contributed by atoms with Crippen LogP contribution in [0.4, 0.5) is 0 Å². The topological polar surface area (TPSA) is 97.5 Å². The third-order valence-electron chi connectivity index (χ3n) is 3.20. The highest BCUT2D eigenvalue weighted by atomic mass is 32.2. The summed E-state index contributed by atoms with van der Waals surface area (Å²) in [6.07, 6.45) is 3.11. The molecule has 0 aliphatic carbocycles. The standard InChI is InChI=1S/C14H18N4O2S/c1-4-9-10(5-2)16-17-14(12(9)13(15)18-19)21-11-6-7-20-8(11)3/h6-7,19H,4-5H2,1-3H3,(H2,15,18). The molecule has 0 bridgehead atoms. The van der Waals surface area contributed by atoms with Gasteiger partial charge in [-0.2, -0.15) is 5.10 Å². The highest BCUT2D eigenvalue weighted by Gasteiger charge is 2.20. The first-order valence-electron chi connectivity index (χ1n) is 6.70. The van der Waals surface area contributed by atoms with Gasteiger partial charge in [-0.25, -0.2) is 0 Å². The maximum Gasteiger partial charge on any atom is 0.173 e. The van der Waals surface area contributed by atoms with Crippen molar-refractivity contribution in [3.8, 4) is 0 Å². The highest BCUT2D eigenvalue weighted by Crippen LogP contribution is 2.33. The number of furan rings is 1. The first-order chi connectivity index (χ1) is 10.1. The van der Waals surface area contributed by atoms with Crippen molar-refractivity contribution >= 4 is 17.6 Å². The quantitative estimate of drug-likeness (QED) is 0.381. The van der Waals surface area contributed by atoms with Gasteiger partial charge in [-0.1, -0.05) is 30.8 Å². The molecule has 0 spiro atoms. The second kappa shape index (κ2) is 6.62. The van der Waals surface area contributed by atoms with E-state index in [1.165, 1.54) is 11.8 Å². The van der Waals surface area contributed by atoms with Crippen molar-refractivity contribution in [1.82, 2.24) is 10.2 Å². The molecule has 2 heterocycles. The average Bonchev–Trinajstić information content (AvgIpc) is 2.91. The number of amidine groups is 1. The molecule has 0 unspecified atom stereocenters. The van der Waals surface area contributed by atoms with E-state index < -0.39 is 0 Å².